The van der Waals surface area contributed by atoms with Gasteiger partial charge in [0.15, 0.2) is 5.82 Å². The van der Waals surface area contributed by atoms with E-state index in [0.717, 1.165) is 103 Å². The lowest BCUT2D eigenvalue weighted by atomic mass is 9.72. The Morgan fingerprint density at radius 1 is 0.855 bits per heavy atom. The summed E-state index contributed by atoms with van der Waals surface area (Å²) in [6.45, 7) is 5.54. The number of aryl methyl sites for hydroxylation is 1. The molecular weight excluding hydrogens is 689 g/mol. The predicted octanol–water partition coefficient (Wildman–Crippen LogP) is 6.87. The highest BCUT2D eigenvalue weighted by Crippen LogP contribution is 2.52. The van der Waals surface area contributed by atoms with Gasteiger partial charge in [-0.1, -0.05) is 31.0 Å². The van der Waals surface area contributed by atoms with E-state index < -0.39 is 5.41 Å². The summed E-state index contributed by atoms with van der Waals surface area (Å²) in [5.74, 6) is 1.24. The molecule has 3 amide bonds. The third-order valence-electron chi connectivity index (χ3n) is 13.9. The molecule has 10 rings (SSSR count). The smallest absolute Gasteiger partial charge is 0.251 e. The summed E-state index contributed by atoms with van der Waals surface area (Å²) in [7, 11) is 1.65. The molecule has 3 saturated carbocycles. The molecule has 0 unspecified atom stereocenters. The Hall–Kier alpha value is -4.77. The van der Waals surface area contributed by atoms with Gasteiger partial charge in [-0.25, -0.2) is 9.97 Å². The molecule has 286 valence electrons. The number of likely N-dealkylation sites (tertiary alicyclic amines) is 2. The number of carbonyl (C=O) groups excluding carboxylic acids is 3. The van der Waals surface area contributed by atoms with Crippen molar-refractivity contribution in [1.29, 1.82) is 0 Å². The highest BCUT2D eigenvalue weighted by Gasteiger charge is 2.56. The van der Waals surface area contributed by atoms with E-state index in [4.69, 9.17) is 9.97 Å². The monoisotopic (exact) mass is 740 g/mol. The molecular formula is C44H52N8O3. The lowest BCUT2D eigenvalue weighted by Gasteiger charge is -2.48. The summed E-state index contributed by atoms with van der Waals surface area (Å²) in [5.41, 5.74) is 7.34. The van der Waals surface area contributed by atoms with Crippen LogP contribution >= 0.6 is 0 Å². The van der Waals surface area contributed by atoms with E-state index in [1.165, 1.54) is 19.3 Å². The van der Waals surface area contributed by atoms with Crippen LogP contribution in [-0.2, 0) is 15.0 Å². The summed E-state index contributed by atoms with van der Waals surface area (Å²) in [6, 6.07) is 15.5. The average Bonchev–Trinajstić information content (AvgIpc) is 3.88. The van der Waals surface area contributed by atoms with E-state index in [9.17, 15) is 14.4 Å². The molecule has 2 aromatic heterocycles. The second kappa shape index (κ2) is 13.5. The van der Waals surface area contributed by atoms with E-state index in [1.54, 1.807) is 7.05 Å². The van der Waals surface area contributed by atoms with Crippen LogP contribution < -0.4 is 15.5 Å². The molecule has 3 aliphatic carbocycles. The zero-order valence-electron chi connectivity index (χ0n) is 32.1. The molecule has 0 bridgehead atoms. The number of imidazole rings is 1. The van der Waals surface area contributed by atoms with Crippen molar-refractivity contribution in [3.8, 4) is 11.3 Å². The van der Waals surface area contributed by atoms with Gasteiger partial charge in [-0.05, 0) is 120 Å². The van der Waals surface area contributed by atoms with Crippen LogP contribution in [0.15, 0.2) is 48.8 Å². The van der Waals surface area contributed by atoms with Crippen LogP contribution in [0.4, 0.5) is 17.2 Å². The molecule has 0 radical (unpaired) electrons. The first-order valence-corrected chi connectivity index (χ1v) is 20.8. The molecule has 5 heterocycles. The number of rotatable bonds is 8. The number of anilines is 3. The number of hydrogen-bond donors (Lipinski definition) is 2. The van der Waals surface area contributed by atoms with Crippen molar-refractivity contribution in [3.05, 3.63) is 65.5 Å². The molecule has 1 spiro atoms. The number of nitrogens with one attached hydrogen (secondary N) is 2. The lowest BCUT2D eigenvalue weighted by molar-refractivity contribution is -0.141. The summed E-state index contributed by atoms with van der Waals surface area (Å²) in [5, 5.41) is 6.33. The van der Waals surface area contributed by atoms with Crippen molar-refractivity contribution in [2.45, 2.75) is 108 Å². The SMILES string of the molecule is CNC(=O)c1cc(Nc2nc(-c3ccc4c(c3)N([C@H]3C[C@@H](N5CCCCC5)C3)C(=O)C43CCN(C(=O)C4CCC4)CC3)cc3ncn(C4CC4)c23)ccc1C. The topological polar surface area (TPSA) is 116 Å². The van der Waals surface area contributed by atoms with E-state index in [0.29, 0.717) is 49.4 Å². The van der Waals surface area contributed by atoms with Crippen molar-refractivity contribution < 1.29 is 14.4 Å². The normalized spacial score (nSPS) is 23.8. The lowest BCUT2D eigenvalue weighted by Crippen LogP contribution is -2.58. The van der Waals surface area contributed by atoms with Crippen molar-refractivity contribution in [3.63, 3.8) is 0 Å². The van der Waals surface area contributed by atoms with Crippen molar-refractivity contribution >= 4 is 45.9 Å². The summed E-state index contributed by atoms with van der Waals surface area (Å²) >= 11 is 0. The van der Waals surface area contributed by atoms with E-state index in [2.05, 4.69) is 49.3 Å². The molecule has 2 aromatic carbocycles. The zero-order valence-corrected chi connectivity index (χ0v) is 32.1. The van der Waals surface area contributed by atoms with Crippen LogP contribution in [0.2, 0.25) is 0 Å². The Labute approximate surface area is 322 Å². The number of nitrogens with zero attached hydrogens (tertiary/aromatic N) is 6. The Balaban J connectivity index is 1.02. The quantitative estimate of drug-likeness (QED) is 0.203. The number of piperidine rings is 2. The van der Waals surface area contributed by atoms with Gasteiger partial charge in [0.2, 0.25) is 11.8 Å². The molecule has 11 heteroatoms. The molecule has 4 aromatic rings. The zero-order chi connectivity index (χ0) is 37.4. The second-order valence-corrected chi connectivity index (χ2v) is 17.2. The number of pyridine rings is 1. The predicted molar refractivity (Wildman–Crippen MR) is 214 cm³/mol. The van der Waals surface area contributed by atoms with Crippen LogP contribution in [0.25, 0.3) is 22.3 Å². The first-order chi connectivity index (χ1) is 26.8. The van der Waals surface area contributed by atoms with Crippen LogP contribution in [0.3, 0.4) is 0 Å². The van der Waals surface area contributed by atoms with Crippen LogP contribution in [-0.4, -0.2) is 87.4 Å². The van der Waals surface area contributed by atoms with Gasteiger partial charge in [0.1, 0.15) is 5.52 Å². The van der Waals surface area contributed by atoms with Gasteiger partial charge in [-0.15, -0.1) is 0 Å². The van der Waals surface area contributed by atoms with Crippen LogP contribution in [0.5, 0.6) is 0 Å². The Morgan fingerprint density at radius 3 is 2.35 bits per heavy atom. The Bertz CT molecular complexity index is 2180. The first-order valence-electron chi connectivity index (χ1n) is 20.8. The fourth-order valence-electron chi connectivity index (χ4n) is 10.1. The third kappa shape index (κ3) is 5.83. The molecule has 5 fully saturated rings. The third-order valence-corrected chi connectivity index (χ3v) is 13.9. The highest BCUT2D eigenvalue weighted by molar-refractivity contribution is 6.09. The van der Waals surface area contributed by atoms with Gasteiger partial charge in [0.25, 0.3) is 5.91 Å². The highest BCUT2D eigenvalue weighted by atomic mass is 16.2. The Morgan fingerprint density at radius 2 is 1.64 bits per heavy atom. The standard InChI is InChI=1S/C44H52N8O3/c1-27-9-11-30(22-34(27)41(53)45-2)47-40-39-37(46-26-51(39)31-12-13-31)25-36(48-40)29-10-14-35-38(21-29)52(33-23-32(24-33)49-17-4-3-5-18-49)43(55)44(35)15-19-50(20-16-44)42(54)28-7-6-8-28/h9-11,14,21-22,25-26,28,31-33H,3-8,12-13,15-20,23-24H2,1-2H3,(H,45,53)(H,47,48)/t32-,33+. The van der Waals surface area contributed by atoms with E-state index >= 15 is 0 Å². The van der Waals surface area contributed by atoms with Crippen LogP contribution in [0, 0.1) is 12.8 Å². The number of amides is 3. The number of benzene rings is 2. The molecule has 0 atom stereocenters. The molecule has 55 heavy (non-hydrogen) atoms. The minimum absolute atomic E-state index is 0.129. The van der Waals surface area contributed by atoms with Crippen molar-refractivity contribution in [2.24, 2.45) is 5.92 Å². The van der Waals surface area contributed by atoms with Gasteiger partial charge < -0.3 is 29.9 Å². The maximum Gasteiger partial charge on any atom is 0.251 e. The number of fused-ring (bicyclic) bond motifs is 3. The molecule has 2 N–H and O–H groups in total. The fourth-order valence-corrected chi connectivity index (χ4v) is 10.1. The van der Waals surface area contributed by atoms with Gasteiger partial charge in [-0.3, -0.25) is 14.4 Å². The second-order valence-electron chi connectivity index (χ2n) is 17.2. The number of aromatic nitrogens is 3. The Kier molecular flexibility index (Phi) is 8.49. The van der Waals surface area contributed by atoms with Crippen LogP contribution in [0.1, 0.15) is 105 Å². The van der Waals surface area contributed by atoms with Gasteiger partial charge in [0, 0.05) is 66.7 Å². The maximum absolute atomic E-state index is 14.9. The van der Waals surface area contributed by atoms with E-state index in [1.807, 2.05) is 36.4 Å². The molecule has 2 saturated heterocycles. The fraction of sp³-hybridized carbons (Fsp3) is 0.523. The van der Waals surface area contributed by atoms with Gasteiger partial charge >= 0.3 is 0 Å². The molecule has 11 nitrogen and oxygen atoms in total. The summed E-state index contributed by atoms with van der Waals surface area (Å²) < 4.78 is 2.23. The summed E-state index contributed by atoms with van der Waals surface area (Å²) in [4.78, 5) is 57.9. The van der Waals surface area contributed by atoms with Gasteiger partial charge in [0.05, 0.1) is 23.0 Å². The van der Waals surface area contributed by atoms with Crippen molar-refractivity contribution in [2.75, 3.05) is 43.4 Å². The number of hydrogen-bond acceptors (Lipinski definition) is 7. The van der Waals surface area contributed by atoms with Crippen molar-refractivity contribution in [1.82, 2.24) is 29.7 Å². The minimum atomic E-state index is -0.610. The maximum atomic E-state index is 14.9. The summed E-state index contributed by atoms with van der Waals surface area (Å²) in [6.07, 6.45) is 14.5. The largest absolute Gasteiger partial charge is 0.355 e. The van der Waals surface area contributed by atoms with E-state index in [-0.39, 0.29) is 29.7 Å². The van der Waals surface area contributed by atoms with Gasteiger partial charge in [-0.2, -0.15) is 0 Å². The minimum Gasteiger partial charge on any atom is -0.355 e. The number of carbonyl (C=O) groups is 3. The average molecular weight is 741 g/mol. The molecule has 6 aliphatic rings. The molecule has 3 aliphatic heterocycles. The first kappa shape index (κ1) is 34.7.